The van der Waals surface area contributed by atoms with Gasteiger partial charge >= 0.3 is 0 Å². The summed E-state index contributed by atoms with van der Waals surface area (Å²) in [5.41, 5.74) is 2.35. The summed E-state index contributed by atoms with van der Waals surface area (Å²) in [4.78, 5) is 9.58. The number of nitriles is 1. The largest absolute Gasteiger partial charge is 0.338 e. The normalized spacial score (nSPS) is 18.2. The standard InChI is InChI=1S/C27H36N12O2S/c1-3-42(40,41)37-20-27(21-37,6-7-28)38-18-22(16-31-38)24-15-25(33-26-5-8-29-39(24)26)32-23-17-30-36(19-23)10-4-9-35-13-11-34(2)12-14-35/h5,8,15-19H,3-4,6,9-14,20-21H2,1-2H3,(H,32,33). The molecule has 14 nitrogen and oxygen atoms in total. The summed E-state index contributed by atoms with van der Waals surface area (Å²) >= 11 is 0. The zero-order valence-corrected chi connectivity index (χ0v) is 24.8. The number of sulfonamides is 1. The van der Waals surface area contributed by atoms with Gasteiger partial charge in [0.25, 0.3) is 0 Å². The molecule has 0 atom stereocenters. The minimum absolute atomic E-state index is 0.0274. The van der Waals surface area contributed by atoms with E-state index in [1.165, 1.54) is 4.31 Å². The van der Waals surface area contributed by atoms with E-state index in [0.717, 1.165) is 62.6 Å². The fraction of sp³-hybridized carbons (Fsp3) is 0.519. The average Bonchev–Trinajstić information content (AvgIpc) is 3.73. The van der Waals surface area contributed by atoms with Crippen LogP contribution in [0.25, 0.3) is 16.9 Å². The number of aryl methyl sites for hydroxylation is 1. The third-order valence-corrected chi connectivity index (χ3v) is 9.97. The Kier molecular flexibility index (Phi) is 7.71. The van der Waals surface area contributed by atoms with Crippen molar-refractivity contribution in [3.63, 3.8) is 0 Å². The second-order valence-electron chi connectivity index (χ2n) is 11.1. The van der Waals surface area contributed by atoms with E-state index in [1.54, 1.807) is 34.7 Å². The molecule has 0 aromatic carbocycles. The highest BCUT2D eigenvalue weighted by Gasteiger charge is 2.49. The van der Waals surface area contributed by atoms with Gasteiger partial charge in [-0.2, -0.15) is 24.9 Å². The minimum atomic E-state index is -3.33. The van der Waals surface area contributed by atoms with Crippen molar-refractivity contribution >= 4 is 27.2 Å². The molecule has 0 aliphatic carbocycles. The Morgan fingerprint density at radius 1 is 1.07 bits per heavy atom. The smallest absolute Gasteiger partial charge is 0.213 e. The summed E-state index contributed by atoms with van der Waals surface area (Å²) in [6.45, 7) is 8.44. The van der Waals surface area contributed by atoms with E-state index < -0.39 is 15.6 Å². The number of fused-ring (bicyclic) bond motifs is 1. The SMILES string of the molecule is CCS(=O)(=O)N1CC(CC#N)(n2cc(-c3cc(Nc4cnn(CCCN5CCN(C)CC5)c4)nc4ccnn34)cn2)C1. The van der Waals surface area contributed by atoms with Crippen molar-refractivity contribution in [2.45, 2.75) is 31.8 Å². The molecule has 0 unspecified atom stereocenters. The molecule has 0 amide bonds. The summed E-state index contributed by atoms with van der Waals surface area (Å²) in [7, 11) is -1.16. The van der Waals surface area contributed by atoms with E-state index in [4.69, 9.17) is 4.98 Å². The van der Waals surface area contributed by atoms with Gasteiger partial charge in [0.1, 0.15) is 11.4 Å². The van der Waals surface area contributed by atoms with Crippen molar-refractivity contribution < 1.29 is 8.42 Å². The molecule has 42 heavy (non-hydrogen) atoms. The van der Waals surface area contributed by atoms with Crippen LogP contribution in [0.4, 0.5) is 11.5 Å². The molecule has 0 radical (unpaired) electrons. The number of piperazine rings is 1. The van der Waals surface area contributed by atoms with Crippen molar-refractivity contribution in [1.82, 2.24) is 48.3 Å². The van der Waals surface area contributed by atoms with Crippen LogP contribution in [0.15, 0.2) is 43.1 Å². The fourth-order valence-electron chi connectivity index (χ4n) is 5.60. The van der Waals surface area contributed by atoms with E-state index in [1.807, 2.05) is 29.2 Å². The van der Waals surface area contributed by atoms with E-state index in [2.05, 4.69) is 43.5 Å². The zero-order chi connectivity index (χ0) is 29.3. The summed E-state index contributed by atoms with van der Waals surface area (Å²) in [5, 5.41) is 26.4. The Labute approximate surface area is 245 Å². The zero-order valence-electron chi connectivity index (χ0n) is 24.0. The number of likely N-dealkylation sites (N-methyl/N-ethyl adjacent to an activating group) is 1. The lowest BCUT2D eigenvalue weighted by molar-refractivity contribution is 0.0719. The van der Waals surface area contributed by atoms with Crippen molar-refractivity contribution in [2.24, 2.45) is 0 Å². The fourth-order valence-corrected chi connectivity index (χ4v) is 6.84. The molecule has 2 fully saturated rings. The number of aromatic nitrogens is 7. The van der Waals surface area contributed by atoms with Gasteiger partial charge < -0.3 is 15.1 Å². The quantitative estimate of drug-likeness (QED) is 0.272. The van der Waals surface area contributed by atoms with Gasteiger partial charge in [-0.3, -0.25) is 9.36 Å². The molecule has 2 aliphatic heterocycles. The lowest BCUT2D eigenvalue weighted by Gasteiger charge is -2.47. The summed E-state index contributed by atoms with van der Waals surface area (Å²) < 4.78 is 31.5. The van der Waals surface area contributed by atoms with E-state index >= 15 is 0 Å². The first-order valence-electron chi connectivity index (χ1n) is 14.2. The number of anilines is 2. The van der Waals surface area contributed by atoms with Crippen molar-refractivity contribution in [3.8, 4) is 17.3 Å². The van der Waals surface area contributed by atoms with Crippen LogP contribution in [0.1, 0.15) is 19.8 Å². The topological polar surface area (TPSA) is 146 Å². The van der Waals surface area contributed by atoms with Crippen LogP contribution in [0.5, 0.6) is 0 Å². The number of nitrogens with one attached hydrogen (secondary N) is 1. The van der Waals surface area contributed by atoms with Gasteiger partial charge in [-0.05, 0) is 26.9 Å². The molecule has 15 heteroatoms. The molecule has 2 saturated heterocycles. The Bertz CT molecular complexity index is 1690. The minimum Gasteiger partial charge on any atom is -0.338 e. The second kappa shape index (κ2) is 11.4. The monoisotopic (exact) mass is 592 g/mol. The van der Waals surface area contributed by atoms with E-state index in [-0.39, 0.29) is 25.3 Å². The summed E-state index contributed by atoms with van der Waals surface area (Å²) in [5.74, 6) is 0.665. The molecule has 2 aliphatic rings. The van der Waals surface area contributed by atoms with Gasteiger partial charge in [0.05, 0.1) is 48.2 Å². The maximum Gasteiger partial charge on any atom is 0.213 e. The van der Waals surface area contributed by atoms with Crippen molar-refractivity contribution in [1.29, 1.82) is 5.26 Å². The molecule has 6 heterocycles. The molecule has 6 rings (SSSR count). The molecule has 0 bridgehead atoms. The van der Waals surface area contributed by atoms with Gasteiger partial charge in [-0.1, -0.05) is 0 Å². The summed E-state index contributed by atoms with van der Waals surface area (Å²) in [6, 6.07) is 5.94. The van der Waals surface area contributed by atoms with Crippen molar-refractivity contribution in [2.75, 3.05) is 63.9 Å². The molecule has 4 aromatic heterocycles. The van der Waals surface area contributed by atoms with Crippen LogP contribution < -0.4 is 5.32 Å². The highest BCUT2D eigenvalue weighted by atomic mass is 32.2. The summed E-state index contributed by atoms with van der Waals surface area (Å²) in [6.07, 6.45) is 10.2. The van der Waals surface area contributed by atoms with E-state index in [0.29, 0.717) is 11.5 Å². The Morgan fingerprint density at radius 2 is 1.88 bits per heavy atom. The highest BCUT2D eigenvalue weighted by molar-refractivity contribution is 7.89. The maximum atomic E-state index is 12.3. The second-order valence-corrected chi connectivity index (χ2v) is 13.4. The molecule has 0 saturated carbocycles. The van der Waals surface area contributed by atoms with Crippen LogP contribution >= 0.6 is 0 Å². The molecular formula is C27H36N12O2S. The van der Waals surface area contributed by atoms with Crippen LogP contribution in [-0.2, 0) is 22.1 Å². The third-order valence-electron chi connectivity index (χ3n) is 8.19. The van der Waals surface area contributed by atoms with E-state index in [9.17, 15) is 13.7 Å². The first-order valence-corrected chi connectivity index (χ1v) is 15.8. The van der Waals surface area contributed by atoms with Crippen LogP contribution in [0.2, 0.25) is 0 Å². The molecular weight excluding hydrogens is 556 g/mol. The lowest BCUT2D eigenvalue weighted by Crippen LogP contribution is -2.64. The first kappa shape index (κ1) is 28.3. The first-order chi connectivity index (χ1) is 20.3. The number of hydrogen-bond donors (Lipinski definition) is 1. The van der Waals surface area contributed by atoms with Gasteiger partial charge in [-0.25, -0.2) is 17.9 Å². The third kappa shape index (κ3) is 5.62. The average molecular weight is 593 g/mol. The van der Waals surface area contributed by atoms with Crippen LogP contribution in [0, 0.1) is 11.3 Å². The van der Waals surface area contributed by atoms with Gasteiger partial charge in [0.15, 0.2) is 5.65 Å². The molecule has 0 spiro atoms. The van der Waals surface area contributed by atoms with Gasteiger partial charge in [0, 0.05) is 75.9 Å². The number of rotatable bonds is 11. The predicted octanol–water partition coefficient (Wildman–Crippen LogP) is 1.44. The molecule has 4 aromatic rings. The van der Waals surface area contributed by atoms with Gasteiger partial charge in [-0.15, -0.1) is 0 Å². The molecule has 222 valence electrons. The Morgan fingerprint density at radius 3 is 2.64 bits per heavy atom. The highest BCUT2D eigenvalue weighted by Crippen LogP contribution is 2.35. The number of hydrogen-bond acceptors (Lipinski definition) is 10. The lowest BCUT2D eigenvalue weighted by atomic mass is 9.89. The maximum absolute atomic E-state index is 12.3. The predicted molar refractivity (Wildman–Crippen MR) is 158 cm³/mol. The van der Waals surface area contributed by atoms with Crippen molar-refractivity contribution in [3.05, 3.63) is 43.1 Å². The van der Waals surface area contributed by atoms with Gasteiger partial charge in [0.2, 0.25) is 10.0 Å². The van der Waals surface area contributed by atoms with Crippen LogP contribution in [0.3, 0.4) is 0 Å². The Hall–Kier alpha value is -3.84. The number of nitrogens with zero attached hydrogens (tertiary/aromatic N) is 11. The van der Waals surface area contributed by atoms with Crippen LogP contribution in [-0.4, -0.2) is 115 Å². The Balaban J connectivity index is 1.17. The molecule has 1 N–H and O–H groups in total.